The molecule has 1 aliphatic rings. The van der Waals surface area contributed by atoms with Crippen molar-refractivity contribution in [2.45, 2.75) is 65.5 Å². The summed E-state index contributed by atoms with van der Waals surface area (Å²) in [5, 5.41) is 3.71. The third-order valence-corrected chi connectivity index (χ3v) is 3.65. The Morgan fingerprint density at radius 1 is 1.12 bits per heavy atom. The van der Waals surface area contributed by atoms with Crippen molar-refractivity contribution in [2.75, 3.05) is 19.6 Å². The minimum Gasteiger partial charge on any atom is -0.314 e. The summed E-state index contributed by atoms with van der Waals surface area (Å²) in [6.07, 6.45) is 5.36. The molecule has 0 aromatic carbocycles. The minimum atomic E-state index is 0.724. The third-order valence-electron chi connectivity index (χ3n) is 3.65. The van der Waals surface area contributed by atoms with Crippen LogP contribution in [0.3, 0.4) is 0 Å². The average Bonchev–Trinajstić information content (AvgIpc) is 2.25. The van der Waals surface area contributed by atoms with Crippen LogP contribution in [0.5, 0.6) is 0 Å². The Morgan fingerprint density at radius 3 is 2.25 bits per heavy atom. The summed E-state index contributed by atoms with van der Waals surface area (Å²) in [7, 11) is 0. The van der Waals surface area contributed by atoms with E-state index in [0.717, 1.165) is 18.0 Å². The zero-order chi connectivity index (χ0) is 12.0. The highest BCUT2D eigenvalue weighted by molar-refractivity contribution is 4.78. The van der Waals surface area contributed by atoms with Crippen LogP contribution >= 0.6 is 0 Å². The highest BCUT2D eigenvalue weighted by Crippen LogP contribution is 2.13. The van der Waals surface area contributed by atoms with Crippen LogP contribution in [0.4, 0.5) is 0 Å². The van der Waals surface area contributed by atoms with E-state index in [0.29, 0.717) is 0 Å². The topological polar surface area (TPSA) is 15.3 Å². The lowest BCUT2D eigenvalue weighted by atomic mass is 10.0. The molecule has 0 amide bonds. The number of nitrogens with zero attached hydrogens (tertiary/aromatic N) is 1. The van der Waals surface area contributed by atoms with E-state index >= 15 is 0 Å². The molecule has 0 atom stereocenters. The third kappa shape index (κ3) is 5.31. The normalized spacial score (nSPS) is 19.9. The van der Waals surface area contributed by atoms with Gasteiger partial charge < -0.3 is 10.2 Å². The van der Waals surface area contributed by atoms with Crippen LogP contribution in [0, 0.1) is 5.92 Å². The van der Waals surface area contributed by atoms with Crippen LogP contribution in [0.1, 0.15) is 53.4 Å². The fourth-order valence-electron chi connectivity index (χ4n) is 2.44. The number of rotatable bonds is 6. The highest BCUT2D eigenvalue weighted by atomic mass is 15.2. The first-order valence-corrected chi connectivity index (χ1v) is 7.07. The van der Waals surface area contributed by atoms with Gasteiger partial charge in [-0.25, -0.2) is 0 Å². The standard InChI is InChI=1S/C14H30N2/c1-12(2)6-5-9-15-14-7-10-16(11-8-14)13(3)4/h12-15H,5-11H2,1-4H3. The van der Waals surface area contributed by atoms with Crippen molar-refractivity contribution >= 4 is 0 Å². The van der Waals surface area contributed by atoms with Crippen LogP contribution in [-0.2, 0) is 0 Å². The molecule has 2 nitrogen and oxygen atoms in total. The van der Waals surface area contributed by atoms with Gasteiger partial charge in [-0.15, -0.1) is 0 Å². The van der Waals surface area contributed by atoms with Gasteiger partial charge in [-0.05, 0) is 65.1 Å². The van der Waals surface area contributed by atoms with E-state index in [2.05, 4.69) is 37.9 Å². The Balaban J connectivity index is 2.04. The Kier molecular flexibility index (Phi) is 6.37. The summed E-state index contributed by atoms with van der Waals surface area (Å²) in [5.74, 6) is 0.851. The molecule has 16 heavy (non-hydrogen) atoms. The lowest BCUT2D eigenvalue weighted by Crippen LogP contribution is -2.45. The van der Waals surface area contributed by atoms with E-state index in [1.807, 2.05) is 0 Å². The van der Waals surface area contributed by atoms with Crippen LogP contribution < -0.4 is 5.32 Å². The van der Waals surface area contributed by atoms with Crippen LogP contribution in [0.25, 0.3) is 0 Å². The van der Waals surface area contributed by atoms with Crippen molar-refractivity contribution in [1.82, 2.24) is 10.2 Å². The lowest BCUT2D eigenvalue weighted by molar-refractivity contribution is 0.161. The Labute approximate surface area is 102 Å². The average molecular weight is 226 g/mol. The molecule has 0 bridgehead atoms. The summed E-state index contributed by atoms with van der Waals surface area (Å²) in [6, 6.07) is 1.50. The maximum Gasteiger partial charge on any atom is 0.00914 e. The molecule has 2 heteroatoms. The van der Waals surface area contributed by atoms with Gasteiger partial charge in [0, 0.05) is 12.1 Å². The predicted molar refractivity (Wildman–Crippen MR) is 71.8 cm³/mol. The first-order valence-electron chi connectivity index (χ1n) is 7.07. The molecule has 1 N–H and O–H groups in total. The van der Waals surface area contributed by atoms with E-state index in [4.69, 9.17) is 0 Å². The molecule has 1 rings (SSSR count). The molecule has 0 unspecified atom stereocenters. The van der Waals surface area contributed by atoms with Gasteiger partial charge in [0.15, 0.2) is 0 Å². The summed E-state index contributed by atoms with van der Waals surface area (Å²) in [6.45, 7) is 13.0. The number of hydrogen-bond donors (Lipinski definition) is 1. The fraction of sp³-hybridized carbons (Fsp3) is 1.00. The maximum atomic E-state index is 3.71. The smallest absolute Gasteiger partial charge is 0.00914 e. The molecule has 96 valence electrons. The SMILES string of the molecule is CC(C)CCCNC1CCN(C(C)C)CC1. The van der Waals surface area contributed by atoms with Crippen LogP contribution in [0.2, 0.25) is 0 Å². The summed E-state index contributed by atoms with van der Waals surface area (Å²) < 4.78 is 0. The number of nitrogens with one attached hydrogen (secondary N) is 1. The van der Waals surface area contributed by atoms with Gasteiger partial charge in [-0.3, -0.25) is 0 Å². The van der Waals surface area contributed by atoms with Crippen molar-refractivity contribution in [3.8, 4) is 0 Å². The lowest BCUT2D eigenvalue weighted by Gasteiger charge is -2.35. The monoisotopic (exact) mass is 226 g/mol. The van der Waals surface area contributed by atoms with Gasteiger partial charge in [0.05, 0.1) is 0 Å². The molecular weight excluding hydrogens is 196 g/mol. The molecule has 0 saturated carbocycles. The molecule has 0 spiro atoms. The van der Waals surface area contributed by atoms with E-state index in [1.54, 1.807) is 0 Å². The van der Waals surface area contributed by atoms with Crippen molar-refractivity contribution in [3.63, 3.8) is 0 Å². The van der Waals surface area contributed by atoms with Crippen molar-refractivity contribution in [1.29, 1.82) is 0 Å². The highest BCUT2D eigenvalue weighted by Gasteiger charge is 2.19. The molecule has 1 fully saturated rings. The zero-order valence-corrected chi connectivity index (χ0v) is 11.6. The second-order valence-electron chi connectivity index (χ2n) is 5.89. The summed E-state index contributed by atoms with van der Waals surface area (Å²) >= 11 is 0. The molecular formula is C14H30N2. The molecule has 0 radical (unpaired) electrons. The molecule has 0 aromatic heterocycles. The maximum absolute atomic E-state index is 3.71. The minimum absolute atomic E-state index is 0.724. The number of piperidine rings is 1. The second kappa shape index (κ2) is 7.29. The predicted octanol–water partition coefficient (Wildman–Crippen LogP) is 2.89. The molecule has 1 aliphatic heterocycles. The number of hydrogen-bond acceptors (Lipinski definition) is 2. The largest absolute Gasteiger partial charge is 0.314 e. The van der Waals surface area contributed by atoms with Crippen LogP contribution in [-0.4, -0.2) is 36.6 Å². The van der Waals surface area contributed by atoms with E-state index in [9.17, 15) is 0 Å². The first-order chi connectivity index (χ1) is 7.59. The second-order valence-corrected chi connectivity index (χ2v) is 5.89. The first kappa shape index (κ1) is 14.0. The fourth-order valence-corrected chi connectivity index (χ4v) is 2.44. The van der Waals surface area contributed by atoms with E-state index < -0.39 is 0 Å². The summed E-state index contributed by atoms with van der Waals surface area (Å²) in [5.41, 5.74) is 0. The molecule has 0 aliphatic carbocycles. The van der Waals surface area contributed by atoms with E-state index in [1.165, 1.54) is 45.3 Å². The molecule has 1 saturated heterocycles. The Hall–Kier alpha value is -0.0800. The molecule has 1 heterocycles. The van der Waals surface area contributed by atoms with Crippen molar-refractivity contribution in [2.24, 2.45) is 5.92 Å². The van der Waals surface area contributed by atoms with Crippen molar-refractivity contribution in [3.05, 3.63) is 0 Å². The quantitative estimate of drug-likeness (QED) is 0.701. The van der Waals surface area contributed by atoms with Gasteiger partial charge in [-0.1, -0.05) is 13.8 Å². The van der Waals surface area contributed by atoms with Gasteiger partial charge in [0.2, 0.25) is 0 Å². The van der Waals surface area contributed by atoms with Crippen molar-refractivity contribution < 1.29 is 0 Å². The zero-order valence-electron chi connectivity index (χ0n) is 11.6. The van der Waals surface area contributed by atoms with Gasteiger partial charge in [0.25, 0.3) is 0 Å². The van der Waals surface area contributed by atoms with Crippen LogP contribution in [0.15, 0.2) is 0 Å². The van der Waals surface area contributed by atoms with E-state index in [-0.39, 0.29) is 0 Å². The Bertz CT molecular complexity index is 170. The van der Waals surface area contributed by atoms with Gasteiger partial charge in [0.1, 0.15) is 0 Å². The Morgan fingerprint density at radius 2 is 1.75 bits per heavy atom. The molecule has 0 aromatic rings. The van der Waals surface area contributed by atoms with Gasteiger partial charge >= 0.3 is 0 Å². The van der Waals surface area contributed by atoms with Gasteiger partial charge in [-0.2, -0.15) is 0 Å². The summed E-state index contributed by atoms with van der Waals surface area (Å²) in [4.78, 5) is 2.59. The number of likely N-dealkylation sites (tertiary alicyclic amines) is 1.